The van der Waals surface area contributed by atoms with Crippen LogP contribution in [0.4, 0.5) is 22.7 Å². The van der Waals surface area contributed by atoms with Gasteiger partial charge < -0.3 is 20.4 Å². The van der Waals surface area contributed by atoms with Crippen molar-refractivity contribution in [2.24, 2.45) is 0 Å². The van der Waals surface area contributed by atoms with Gasteiger partial charge >= 0.3 is 0 Å². The van der Waals surface area contributed by atoms with Gasteiger partial charge in [0.1, 0.15) is 0 Å². The second kappa shape index (κ2) is 8.18. The van der Waals surface area contributed by atoms with Crippen LogP contribution in [0.1, 0.15) is 31.7 Å². The Morgan fingerprint density at radius 2 is 1.90 bits per heavy atom. The summed E-state index contributed by atoms with van der Waals surface area (Å²) in [6, 6.07) is 12.8. The first-order chi connectivity index (χ1) is 14.5. The molecule has 3 amide bonds. The topological polar surface area (TPSA) is 81.8 Å². The van der Waals surface area contributed by atoms with Crippen LogP contribution in [0.3, 0.4) is 0 Å². The first kappa shape index (κ1) is 19.9. The molecular formula is C23H26N4O3. The van der Waals surface area contributed by atoms with E-state index < -0.39 is 0 Å². The fraction of sp³-hybridized carbons (Fsp3) is 0.348. The van der Waals surface area contributed by atoms with Crippen molar-refractivity contribution in [1.29, 1.82) is 0 Å². The number of nitrogens with one attached hydrogen (secondary N) is 2. The van der Waals surface area contributed by atoms with Crippen LogP contribution in [0, 0.1) is 6.92 Å². The summed E-state index contributed by atoms with van der Waals surface area (Å²) < 4.78 is 0. The van der Waals surface area contributed by atoms with Crippen LogP contribution in [0.2, 0.25) is 0 Å². The van der Waals surface area contributed by atoms with Gasteiger partial charge in [0.2, 0.25) is 17.7 Å². The Bertz CT molecular complexity index is 1000. The van der Waals surface area contributed by atoms with Crippen molar-refractivity contribution in [3.05, 3.63) is 48.0 Å². The van der Waals surface area contributed by atoms with E-state index in [1.54, 1.807) is 11.0 Å². The van der Waals surface area contributed by atoms with Gasteiger partial charge in [-0.15, -0.1) is 0 Å². The number of nitrogens with zero attached hydrogens (tertiary/aromatic N) is 2. The lowest BCUT2D eigenvalue weighted by atomic mass is 10.1. The van der Waals surface area contributed by atoms with Gasteiger partial charge in [0.15, 0.2) is 0 Å². The van der Waals surface area contributed by atoms with Gasteiger partial charge in [0.25, 0.3) is 0 Å². The lowest BCUT2D eigenvalue weighted by molar-refractivity contribution is -0.118. The molecule has 0 bridgehead atoms. The van der Waals surface area contributed by atoms with Crippen LogP contribution in [0.5, 0.6) is 0 Å². The lowest BCUT2D eigenvalue weighted by Gasteiger charge is -2.28. The Morgan fingerprint density at radius 3 is 2.67 bits per heavy atom. The highest BCUT2D eigenvalue weighted by atomic mass is 16.2. The van der Waals surface area contributed by atoms with Gasteiger partial charge in [-0.3, -0.25) is 14.4 Å². The smallest absolute Gasteiger partial charge is 0.246 e. The summed E-state index contributed by atoms with van der Waals surface area (Å²) in [6.45, 7) is 4.65. The molecular weight excluding hydrogens is 380 g/mol. The van der Waals surface area contributed by atoms with Crippen molar-refractivity contribution in [2.75, 3.05) is 33.5 Å². The van der Waals surface area contributed by atoms with E-state index >= 15 is 0 Å². The Hall–Kier alpha value is -3.35. The van der Waals surface area contributed by atoms with E-state index in [1.807, 2.05) is 55.1 Å². The van der Waals surface area contributed by atoms with Crippen LogP contribution in [-0.2, 0) is 14.4 Å². The Balaban J connectivity index is 1.54. The van der Waals surface area contributed by atoms with E-state index in [9.17, 15) is 14.4 Å². The molecule has 1 atom stereocenters. The highest BCUT2D eigenvalue weighted by Gasteiger charge is 2.29. The number of carbonyl (C=O) groups is 3. The minimum absolute atomic E-state index is 0.0884. The molecule has 2 aromatic rings. The summed E-state index contributed by atoms with van der Waals surface area (Å²) in [5.74, 6) is -0.0796. The molecule has 0 aliphatic carbocycles. The summed E-state index contributed by atoms with van der Waals surface area (Å²) >= 11 is 0. The zero-order valence-electron chi connectivity index (χ0n) is 17.3. The minimum Gasteiger partial charge on any atom is -0.376 e. The van der Waals surface area contributed by atoms with E-state index in [4.69, 9.17) is 0 Å². The SMILES string of the molecule is Cc1c(NCC(=O)N2c3ccccc3NC(=O)CC2C)cccc1N1CCCC1=O. The van der Waals surface area contributed by atoms with Crippen molar-refractivity contribution in [2.45, 2.75) is 39.2 Å². The van der Waals surface area contributed by atoms with E-state index in [1.165, 1.54) is 0 Å². The fourth-order valence-corrected chi connectivity index (χ4v) is 4.23. The van der Waals surface area contributed by atoms with Crippen molar-refractivity contribution in [1.82, 2.24) is 0 Å². The Kier molecular flexibility index (Phi) is 5.44. The molecule has 2 N–H and O–H groups in total. The molecule has 156 valence electrons. The molecule has 30 heavy (non-hydrogen) atoms. The third-order valence-corrected chi connectivity index (χ3v) is 5.73. The van der Waals surface area contributed by atoms with Crippen LogP contribution >= 0.6 is 0 Å². The van der Waals surface area contributed by atoms with Gasteiger partial charge in [-0.1, -0.05) is 18.2 Å². The number of hydrogen-bond donors (Lipinski definition) is 2. The molecule has 1 unspecified atom stereocenters. The normalized spacial score (nSPS) is 18.7. The fourth-order valence-electron chi connectivity index (χ4n) is 4.23. The zero-order chi connectivity index (χ0) is 21.3. The molecule has 0 saturated carbocycles. The summed E-state index contributed by atoms with van der Waals surface area (Å²) in [6.07, 6.45) is 1.69. The molecule has 7 nitrogen and oxygen atoms in total. The predicted octanol–water partition coefficient (Wildman–Crippen LogP) is 3.30. The number of carbonyl (C=O) groups excluding carboxylic acids is 3. The second-order valence-corrected chi connectivity index (χ2v) is 7.83. The van der Waals surface area contributed by atoms with Gasteiger partial charge in [-0.25, -0.2) is 0 Å². The molecule has 0 spiro atoms. The molecule has 7 heteroatoms. The maximum absolute atomic E-state index is 13.2. The quantitative estimate of drug-likeness (QED) is 0.816. The van der Waals surface area contributed by atoms with Crippen molar-refractivity contribution in [3.63, 3.8) is 0 Å². The summed E-state index contributed by atoms with van der Waals surface area (Å²) in [5.41, 5.74) is 4.01. The Labute approximate surface area is 176 Å². The molecule has 0 aromatic heterocycles. The molecule has 2 aliphatic rings. The van der Waals surface area contributed by atoms with Crippen LogP contribution in [0.25, 0.3) is 0 Å². The van der Waals surface area contributed by atoms with E-state index in [0.717, 1.165) is 29.9 Å². The molecule has 2 aliphatic heterocycles. The zero-order valence-corrected chi connectivity index (χ0v) is 17.3. The van der Waals surface area contributed by atoms with Gasteiger partial charge in [-0.05, 0) is 50.1 Å². The van der Waals surface area contributed by atoms with Gasteiger partial charge in [-0.2, -0.15) is 0 Å². The van der Waals surface area contributed by atoms with E-state index in [0.29, 0.717) is 17.8 Å². The molecule has 1 saturated heterocycles. The van der Waals surface area contributed by atoms with Crippen molar-refractivity contribution >= 4 is 40.5 Å². The van der Waals surface area contributed by atoms with Crippen LogP contribution < -0.4 is 20.4 Å². The van der Waals surface area contributed by atoms with Gasteiger partial charge in [0.05, 0.1) is 17.9 Å². The third kappa shape index (κ3) is 3.75. The van der Waals surface area contributed by atoms with Crippen LogP contribution in [-0.4, -0.2) is 36.9 Å². The van der Waals surface area contributed by atoms with Crippen molar-refractivity contribution < 1.29 is 14.4 Å². The molecule has 2 heterocycles. The minimum atomic E-state index is -0.252. The van der Waals surface area contributed by atoms with E-state index in [2.05, 4.69) is 10.6 Å². The monoisotopic (exact) mass is 406 g/mol. The predicted molar refractivity (Wildman–Crippen MR) is 118 cm³/mol. The lowest BCUT2D eigenvalue weighted by Crippen LogP contribution is -2.42. The van der Waals surface area contributed by atoms with Crippen molar-refractivity contribution in [3.8, 4) is 0 Å². The molecule has 1 fully saturated rings. The standard InChI is InChI=1S/C23H26N4O3/c1-15-13-21(28)25-18-7-3-4-9-20(18)27(15)23(30)14-24-17-8-5-10-19(16(17)2)26-12-6-11-22(26)29/h3-5,7-10,15,24H,6,11-14H2,1-2H3,(H,25,28). The highest BCUT2D eigenvalue weighted by Crippen LogP contribution is 2.32. The molecule has 4 rings (SSSR count). The number of rotatable bonds is 4. The average Bonchev–Trinajstić information content (AvgIpc) is 3.08. The molecule has 2 aromatic carbocycles. The largest absolute Gasteiger partial charge is 0.376 e. The average molecular weight is 406 g/mol. The van der Waals surface area contributed by atoms with Gasteiger partial charge in [0, 0.05) is 36.8 Å². The number of benzene rings is 2. The first-order valence-corrected chi connectivity index (χ1v) is 10.3. The number of fused-ring (bicyclic) bond motifs is 1. The van der Waals surface area contributed by atoms with E-state index in [-0.39, 0.29) is 36.7 Å². The third-order valence-electron chi connectivity index (χ3n) is 5.73. The Morgan fingerprint density at radius 1 is 1.13 bits per heavy atom. The summed E-state index contributed by atoms with van der Waals surface area (Å²) in [4.78, 5) is 40.9. The summed E-state index contributed by atoms with van der Waals surface area (Å²) in [5, 5.41) is 6.11. The molecule has 0 radical (unpaired) electrons. The van der Waals surface area contributed by atoms with Crippen LogP contribution in [0.15, 0.2) is 42.5 Å². The number of anilines is 4. The highest BCUT2D eigenvalue weighted by molar-refractivity contribution is 6.05. The maximum atomic E-state index is 13.2. The second-order valence-electron chi connectivity index (χ2n) is 7.83. The number of amides is 3. The first-order valence-electron chi connectivity index (χ1n) is 10.3. The number of hydrogen-bond acceptors (Lipinski definition) is 4. The maximum Gasteiger partial charge on any atom is 0.246 e. The summed E-state index contributed by atoms with van der Waals surface area (Å²) in [7, 11) is 0. The number of para-hydroxylation sites is 2.